The number of halogens is 1. The molecule has 1 aromatic rings. The Hall–Kier alpha value is -0.580. The minimum absolute atomic E-state index is 0.306. The van der Waals surface area contributed by atoms with E-state index in [0.29, 0.717) is 9.90 Å². The molecule has 72 valence electrons. The van der Waals surface area contributed by atoms with E-state index in [-0.39, 0.29) is 6.42 Å². The molecule has 3 nitrogen and oxygen atoms in total. The van der Waals surface area contributed by atoms with Gasteiger partial charge in [0.25, 0.3) is 0 Å². The van der Waals surface area contributed by atoms with Gasteiger partial charge in [0.15, 0.2) is 0 Å². The molecule has 0 aliphatic heterocycles. The quantitative estimate of drug-likeness (QED) is 0.821. The summed E-state index contributed by atoms with van der Waals surface area (Å²) in [5, 5.41) is 18.3. The Kier molecular flexibility index (Phi) is 3.30. The average molecular weight is 221 g/mol. The number of aryl methyl sites for hydroxylation is 1. The number of thiophene rings is 1. The third kappa shape index (κ3) is 2.69. The Morgan fingerprint density at radius 1 is 1.77 bits per heavy atom. The van der Waals surface area contributed by atoms with E-state index < -0.39 is 12.1 Å². The third-order valence-electron chi connectivity index (χ3n) is 1.51. The SMILES string of the molecule is Cc1cc(Cl)c(C(O)CC(=O)O)s1. The molecular formula is C8H9ClO3S. The molecular weight excluding hydrogens is 212 g/mol. The lowest BCUT2D eigenvalue weighted by Gasteiger charge is -2.04. The number of rotatable bonds is 3. The van der Waals surface area contributed by atoms with Crippen LogP contribution in [0, 0.1) is 6.92 Å². The van der Waals surface area contributed by atoms with E-state index in [9.17, 15) is 9.90 Å². The molecule has 0 amide bonds. The highest BCUT2D eigenvalue weighted by molar-refractivity contribution is 7.12. The molecule has 1 atom stereocenters. The van der Waals surface area contributed by atoms with Crippen molar-refractivity contribution in [2.75, 3.05) is 0 Å². The molecule has 0 aliphatic carbocycles. The number of carboxylic acids is 1. The summed E-state index contributed by atoms with van der Waals surface area (Å²) >= 11 is 7.10. The molecule has 0 radical (unpaired) electrons. The van der Waals surface area contributed by atoms with Crippen LogP contribution >= 0.6 is 22.9 Å². The van der Waals surface area contributed by atoms with Crippen molar-refractivity contribution in [3.05, 3.63) is 20.8 Å². The van der Waals surface area contributed by atoms with Gasteiger partial charge < -0.3 is 10.2 Å². The van der Waals surface area contributed by atoms with E-state index in [2.05, 4.69) is 0 Å². The van der Waals surface area contributed by atoms with Gasteiger partial charge in [-0.25, -0.2) is 0 Å². The molecule has 1 unspecified atom stereocenters. The van der Waals surface area contributed by atoms with Crippen LogP contribution in [-0.2, 0) is 4.79 Å². The third-order valence-corrected chi connectivity index (χ3v) is 3.08. The highest BCUT2D eigenvalue weighted by atomic mass is 35.5. The summed E-state index contributed by atoms with van der Waals surface area (Å²) < 4.78 is 0. The lowest BCUT2D eigenvalue weighted by atomic mass is 10.2. The van der Waals surface area contributed by atoms with E-state index in [1.54, 1.807) is 6.07 Å². The predicted molar refractivity (Wildman–Crippen MR) is 51.3 cm³/mol. The summed E-state index contributed by atoms with van der Waals surface area (Å²) in [7, 11) is 0. The lowest BCUT2D eigenvalue weighted by molar-refractivity contribution is -0.139. The second-order valence-corrected chi connectivity index (χ2v) is 4.38. The molecule has 0 saturated heterocycles. The van der Waals surface area contributed by atoms with Crippen molar-refractivity contribution in [2.45, 2.75) is 19.4 Å². The number of aliphatic hydroxyl groups excluding tert-OH is 1. The predicted octanol–water partition coefficient (Wildman–Crippen LogP) is 2.22. The average Bonchev–Trinajstić information content (AvgIpc) is 2.28. The minimum Gasteiger partial charge on any atom is -0.481 e. The standard InChI is InChI=1S/C8H9ClO3S/c1-4-2-5(9)8(13-4)6(10)3-7(11)12/h2,6,10H,3H2,1H3,(H,11,12). The fourth-order valence-corrected chi connectivity index (χ4v) is 2.36. The first-order chi connectivity index (χ1) is 6.00. The van der Waals surface area contributed by atoms with Gasteiger partial charge in [0.2, 0.25) is 0 Å². The summed E-state index contributed by atoms with van der Waals surface area (Å²) in [4.78, 5) is 11.8. The maximum absolute atomic E-state index is 10.3. The molecule has 0 fully saturated rings. The van der Waals surface area contributed by atoms with Gasteiger partial charge in [-0.1, -0.05) is 11.6 Å². The Morgan fingerprint density at radius 3 is 2.77 bits per heavy atom. The number of carboxylic acid groups (broad SMARTS) is 1. The Labute approximate surface area is 84.6 Å². The molecule has 0 spiro atoms. The Balaban J connectivity index is 2.81. The van der Waals surface area contributed by atoms with E-state index >= 15 is 0 Å². The van der Waals surface area contributed by atoms with Crippen molar-refractivity contribution in [2.24, 2.45) is 0 Å². The van der Waals surface area contributed by atoms with Gasteiger partial charge in [-0.2, -0.15) is 0 Å². The lowest BCUT2D eigenvalue weighted by Crippen LogP contribution is -2.03. The van der Waals surface area contributed by atoms with Crippen LogP contribution in [0.1, 0.15) is 22.3 Å². The van der Waals surface area contributed by atoms with Crippen LogP contribution in [0.2, 0.25) is 5.02 Å². The number of hydrogen-bond acceptors (Lipinski definition) is 3. The van der Waals surface area contributed by atoms with Gasteiger partial charge in [0, 0.05) is 4.88 Å². The van der Waals surface area contributed by atoms with Crippen LogP contribution in [0.25, 0.3) is 0 Å². The molecule has 1 aromatic heterocycles. The smallest absolute Gasteiger partial charge is 0.306 e. The Morgan fingerprint density at radius 2 is 2.38 bits per heavy atom. The maximum atomic E-state index is 10.3. The van der Waals surface area contributed by atoms with Gasteiger partial charge in [-0.3, -0.25) is 4.79 Å². The zero-order valence-corrected chi connectivity index (χ0v) is 8.52. The molecule has 2 N–H and O–H groups in total. The summed E-state index contributed by atoms with van der Waals surface area (Å²) in [6.07, 6.45) is -1.30. The monoisotopic (exact) mass is 220 g/mol. The van der Waals surface area contributed by atoms with Crippen molar-refractivity contribution < 1.29 is 15.0 Å². The van der Waals surface area contributed by atoms with Crippen LogP contribution in [-0.4, -0.2) is 16.2 Å². The van der Waals surface area contributed by atoms with Gasteiger partial charge >= 0.3 is 5.97 Å². The van der Waals surface area contributed by atoms with Gasteiger partial charge in [0.05, 0.1) is 16.3 Å². The van der Waals surface area contributed by atoms with E-state index in [1.165, 1.54) is 11.3 Å². The number of aliphatic hydroxyl groups is 1. The highest BCUT2D eigenvalue weighted by Gasteiger charge is 2.17. The first-order valence-corrected chi connectivity index (χ1v) is 4.86. The van der Waals surface area contributed by atoms with Gasteiger partial charge in [-0.05, 0) is 13.0 Å². The second kappa shape index (κ2) is 4.09. The zero-order chi connectivity index (χ0) is 10.0. The second-order valence-electron chi connectivity index (χ2n) is 2.68. The first kappa shape index (κ1) is 10.5. The topological polar surface area (TPSA) is 57.5 Å². The number of hydrogen-bond donors (Lipinski definition) is 2. The van der Waals surface area contributed by atoms with E-state index in [4.69, 9.17) is 16.7 Å². The maximum Gasteiger partial charge on any atom is 0.306 e. The van der Waals surface area contributed by atoms with Crippen LogP contribution in [0.5, 0.6) is 0 Å². The molecule has 5 heteroatoms. The van der Waals surface area contributed by atoms with Crippen molar-refractivity contribution in [1.29, 1.82) is 0 Å². The van der Waals surface area contributed by atoms with Crippen LogP contribution in [0.15, 0.2) is 6.07 Å². The summed E-state index contributed by atoms with van der Waals surface area (Å²) in [5.41, 5.74) is 0. The van der Waals surface area contributed by atoms with Crippen molar-refractivity contribution in [1.82, 2.24) is 0 Å². The highest BCUT2D eigenvalue weighted by Crippen LogP contribution is 2.33. The minimum atomic E-state index is -1.03. The molecule has 1 heterocycles. The van der Waals surface area contributed by atoms with Crippen LogP contribution in [0.3, 0.4) is 0 Å². The summed E-state index contributed by atoms with van der Waals surface area (Å²) in [6.45, 7) is 1.85. The van der Waals surface area contributed by atoms with Gasteiger partial charge in [0.1, 0.15) is 6.10 Å². The van der Waals surface area contributed by atoms with Crippen LogP contribution in [0.4, 0.5) is 0 Å². The fraction of sp³-hybridized carbons (Fsp3) is 0.375. The zero-order valence-electron chi connectivity index (χ0n) is 6.95. The molecule has 0 bridgehead atoms. The molecule has 0 saturated carbocycles. The summed E-state index contributed by atoms with van der Waals surface area (Å²) in [6, 6.07) is 1.71. The molecule has 0 aromatic carbocycles. The van der Waals surface area contributed by atoms with Crippen LogP contribution < -0.4 is 0 Å². The van der Waals surface area contributed by atoms with Gasteiger partial charge in [-0.15, -0.1) is 11.3 Å². The fourth-order valence-electron chi connectivity index (χ4n) is 0.987. The van der Waals surface area contributed by atoms with Crippen molar-refractivity contribution >= 4 is 28.9 Å². The molecule has 1 rings (SSSR count). The van der Waals surface area contributed by atoms with Crippen molar-refractivity contribution in [3.8, 4) is 0 Å². The molecule has 13 heavy (non-hydrogen) atoms. The number of aliphatic carboxylic acids is 1. The summed E-state index contributed by atoms with van der Waals surface area (Å²) in [5.74, 6) is -1.03. The Bertz CT molecular complexity index is 321. The van der Waals surface area contributed by atoms with Crippen molar-refractivity contribution in [3.63, 3.8) is 0 Å². The molecule has 0 aliphatic rings. The largest absolute Gasteiger partial charge is 0.481 e. The number of carbonyl (C=O) groups is 1. The normalized spacial score (nSPS) is 12.8. The first-order valence-electron chi connectivity index (χ1n) is 3.66. The van der Waals surface area contributed by atoms with E-state index in [0.717, 1.165) is 4.88 Å². The van der Waals surface area contributed by atoms with E-state index in [1.807, 2.05) is 6.92 Å².